The highest BCUT2D eigenvalue weighted by Crippen LogP contribution is 2.11. The van der Waals surface area contributed by atoms with Crippen molar-refractivity contribution in [3.8, 4) is 5.75 Å². The summed E-state index contributed by atoms with van der Waals surface area (Å²) in [6, 6.07) is 9.68. The number of hydrogen-bond acceptors (Lipinski definition) is 4. The summed E-state index contributed by atoms with van der Waals surface area (Å²) in [4.78, 5) is 24.8. The fourth-order valence-corrected chi connectivity index (χ4v) is 2.55. The van der Waals surface area contributed by atoms with Crippen LogP contribution in [0.5, 0.6) is 5.75 Å². The molecule has 0 radical (unpaired) electrons. The second kappa shape index (κ2) is 9.15. The number of carbonyl (C=O) groups excluding carboxylic acids is 2. The number of nitrogens with zero attached hydrogens (tertiary/aromatic N) is 1. The minimum absolute atomic E-state index is 0.00835. The average Bonchev–Trinajstić information content (AvgIpc) is 2.55. The Morgan fingerprint density at radius 1 is 1.17 bits per heavy atom. The van der Waals surface area contributed by atoms with E-state index in [1.54, 1.807) is 4.90 Å². The highest BCUT2D eigenvalue weighted by molar-refractivity contribution is 5.77. The van der Waals surface area contributed by atoms with Gasteiger partial charge in [-0.2, -0.15) is 0 Å². The molecule has 0 bridgehead atoms. The van der Waals surface area contributed by atoms with E-state index in [9.17, 15) is 9.59 Å². The summed E-state index contributed by atoms with van der Waals surface area (Å²) in [5.74, 6) is 0.769. The van der Waals surface area contributed by atoms with Crippen molar-refractivity contribution in [3.63, 3.8) is 0 Å². The number of hydrogen-bond donors (Lipinski definition) is 1. The number of rotatable bonds is 7. The van der Waals surface area contributed by atoms with Gasteiger partial charge >= 0.3 is 0 Å². The van der Waals surface area contributed by atoms with Crippen LogP contribution >= 0.6 is 0 Å². The molecule has 1 heterocycles. The summed E-state index contributed by atoms with van der Waals surface area (Å²) in [5.41, 5.74) is 0. The summed E-state index contributed by atoms with van der Waals surface area (Å²) >= 11 is 0. The Morgan fingerprint density at radius 2 is 1.87 bits per heavy atom. The van der Waals surface area contributed by atoms with Crippen LogP contribution in [-0.2, 0) is 14.3 Å². The minimum Gasteiger partial charge on any atom is -0.491 e. The van der Waals surface area contributed by atoms with Crippen LogP contribution < -0.4 is 10.1 Å². The number of carbonyl (C=O) groups is 2. The van der Waals surface area contributed by atoms with Crippen molar-refractivity contribution in [2.75, 3.05) is 32.9 Å². The molecule has 126 valence electrons. The van der Waals surface area contributed by atoms with Gasteiger partial charge in [0.15, 0.2) is 0 Å². The fourth-order valence-electron chi connectivity index (χ4n) is 2.55. The number of piperidine rings is 1. The Morgan fingerprint density at radius 3 is 2.52 bits per heavy atom. The molecular weight excluding hydrogens is 296 g/mol. The molecule has 0 unspecified atom stereocenters. The lowest BCUT2D eigenvalue weighted by molar-refractivity contribution is -0.137. The van der Waals surface area contributed by atoms with E-state index in [0.717, 1.165) is 18.6 Å². The molecule has 1 aromatic carbocycles. The van der Waals surface area contributed by atoms with Crippen molar-refractivity contribution in [2.45, 2.75) is 25.8 Å². The van der Waals surface area contributed by atoms with Crippen LogP contribution in [-0.4, -0.2) is 55.7 Å². The smallest absolute Gasteiger partial charge is 0.248 e. The van der Waals surface area contributed by atoms with Crippen LogP contribution in [0.2, 0.25) is 0 Å². The zero-order valence-electron chi connectivity index (χ0n) is 13.5. The Hall–Kier alpha value is -2.08. The molecule has 1 aliphatic heterocycles. The molecule has 0 aliphatic carbocycles. The lowest BCUT2D eigenvalue weighted by atomic mass is 10.1. The standard InChI is InChI=1S/C17H24N2O4/c1-14(20)18-15-7-9-19(10-8-15)17(21)13-22-11-12-23-16-5-3-2-4-6-16/h2-6,15H,7-13H2,1H3,(H,18,20). The Kier molecular flexibility index (Phi) is 6.87. The first-order valence-corrected chi connectivity index (χ1v) is 7.95. The fraction of sp³-hybridized carbons (Fsp3) is 0.529. The van der Waals surface area contributed by atoms with Crippen molar-refractivity contribution in [1.29, 1.82) is 0 Å². The predicted octanol–water partition coefficient (Wildman–Crippen LogP) is 1.21. The SMILES string of the molecule is CC(=O)NC1CCN(C(=O)COCCOc2ccccc2)CC1. The predicted molar refractivity (Wildman–Crippen MR) is 86.2 cm³/mol. The van der Waals surface area contributed by atoms with Gasteiger partial charge in [-0.15, -0.1) is 0 Å². The summed E-state index contributed by atoms with van der Waals surface area (Å²) in [6.45, 7) is 3.71. The van der Waals surface area contributed by atoms with E-state index >= 15 is 0 Å². The summed E-state index contributed by atoms with van der Waals surface area (Å²) in [5, 5.41) is 2.89. The lowest BCUT2D eigenvalue weighted by Crippen LogP contribution is -2.47. The first kappa shape index (κ1) is 17.3. The van der Waals surface area contributed by atoms with Crippen molar-refractivity contribution < 1.29 is 19.1 Å². The maximum Gasteiger partial charge on any atom is 0.248 e. The molecule has 0 spiro atoms. The van der Waals surface area contributed by atoms with E-state index in [-0.39, 0.29) is 24.5 Å². The van der Waals surface area contributed by atoms with Gasteiger partial charge in [-0.1, -0.05) is 18.2 Å². The zero-order chi connectivity index (χ0) is 16.5. The molecule has 6 nitrogen and oxygen atoms in total. The van der Waals surface area contributed by atoms with Gasteiger partial charge in [-0.25, -0.2) is 0 Å². The molecule has 1 fully saturated rings. The van der Waals surface area contributed by atoms with Crippen LogP contribution in [0.4, 0.5) is 0 Å². The van der Waals surface area contributed by atoms with E-state index in [4.69, 9.17) is 9.47 Å². The number of amides is 2. The van der Waals surface area contributed by atoms with E-state index < -0.39 is 0 Å². The molecule has 6 heteroatoms. The molecule has 1 aliphatic rings. The third-order valence-electron chi connectivity index (χ3n) is 3.72. The summed E-state index contributed by atoms with van der Waals surface area (Å²) in [6.07, 6.45) is 1.59. The van der Waals surface area contributed by atoms with Gasteiger partial charge in [0.05, 0.1) is 6.61 Å². The molecular formula is C17H24N2O4. The van der Waals surface area contributed by atoms with Crippen molar-refractivity contribution in [2.24, 2.45) is 0 Å². The summed E-state index contributed by atoms with van der Waals surface area (Å²) < 4.78 is 10.9. The molecule has 1 N–H and O–H groups in total. The highest BCUT2D eigenvalue weighted by atomic mass is 16.5. The Balaban J connectivity index is 1.56. The quantitative estimate of drug-likeness (QED) is 0.767. The van der Waals surface area contributed by atoms with E-state index in [2.05, 4.69) is 5.32 Å². The van der Waals surface area contributed by atoms with E-state index in [1.165, 1.54) is 6.92 Å². The number of nitrogens with one attached hydrogen (secondary N) is 1. The normalized spacial score (nSPS) is 15.3. The summed E-state index contributed by atoms with van der Waals surface area (Å²) in [7, 11) is 0. The Labute approximate surface area is 136 Å². The van der Waals surface area contributed by atoms with Crippen LogP contribution in [0.15, 0.2) is 30.3 Å². The molecule has 1 saturated heterocycles. The van der Waals surface area contributed by atoms with Crippen molar-refractivity contribution >= 4 is 11.8 Å². The van der Waals surface area contributed by atoms with E-state index in [1.807, 2.05) is 30.3 Å². The number of benzene rings is 1. The van der Waals surface area contributed by atoms with Gasteiger partial charge in [0.2, 0.25) is 11.8 Å². The van der Waals surface area contributed by atoms with Crippen LogP contribution in [0.25, 0.3) is 0 Å². The average molecular weight is 320 g/mol. The molecule has 2 rings (SSSR count). The monoisotopic (exact) mass is 320 g/mol. The van der Waals surface area contributed by atoms with Crippen LogP contribution in [0.1, 0.15) is 19.8 Å². The third kappa shape index (κ3) is 6.28. The topological polar surface area (TPSA) is 67.9 Å². The first-order chi connectivity index (χ1) is 11.1. The van der Waals surface area contributed by atoms with Gasteiger partial charge in [0.1, 0.15) is 19.0 Å². The molecule has 1 aromatic rings. The maximum atomic E-state index is 12.0. The third-order valence-corrected chi connectivity index (χ3v) is 3.72. The van der Waals surface area contributed by atoms with Gasteiger partial charge in [0.25, 0.3) is 0 Å². The van der Waals surface area contributed by atoms with Gasteiger partial charge in [0, 0.05) is 26.1 Å². The van der Waals surface area contributed by atoms with Gasteiger partial charge in [-0.05, 0) is 25.0 Å². The molecule has 23 heavy (non-hydrogen) atoms. The molecule has 0 saturated carbocycles. The lowest BCUT2D eigenvalue weighted by Gasteiger charge is -2.32. The number of ether oxygens (including phenoxy) is 2. The largest absolute Gasteiger partial charge is 0.491 e. The second-order valence-electron chi connectivity index (χ2n) is 5.57. The highest BCUT2D eigenvalue weighted by Gasteiger charge is 2.22. The molecule has 0 aromatic heterocycles. The van der Waals surface area contributed by atoms with Crippen LogP contribution in [0.3, 0.4) is 0 Å². The number of para-hydroxylation sites is 1. The van der Waals surface area contributed by atoms with Gasteiger partial charge < -0.3 is 19.7 Å². The first-order valence-electron chi connectivity index (χ1n) is 7.95. The minimum atomic E-state index is -0.0171. The van der Waals surface area contributed by atoms with Crippen molar-refractivity contribution in [3.05, 3.63) is 30.3 Å². The maximum absolute atomic E-state index is 12.0. The van der Waals surface area contributed by atoms with Crippen LogP contribution in [0, 0.1) is 0 Å². The molecule has 0 atom stereocenters. The zero-order valence-corrected chi connectivity index (χ0v) is 13.5. The van der Waals surface area contributed by atoms with Crippen molar-refractivity contribution in [1.82, 2.24) is 10.2 Å². The molecule has 2 amide bonds. The van der Waals surface area contributed by atoms with E-state index in [0.29, 0.717) is 26.3 Å². The number of likely N-dealkylation sites (tertiary alicyclic amines) is 1. The van der Waals surface area contributed by atoms with Gasteiger partial charge in [-0.3, -0.25) is 9.59 Å². The Bertz CT molecular complexity index is 499. The second-order valence-corrected chi connectivity index (χ2v) is 5.57.